The van der Waals surface area contributed by atoms with Crippen LogP contribution in [-0.4, -0.2) is 33.3 Å². The fourth-order valence-electron chi connectivity index (χ4n) is 1.98. The number of aromatic nitrogens is 2. The molecule has 2 rings (SSSR count). The van der Waals surface area contributed by atoms with Gasteiger partial charge in [-0.1, -0.05) is 0 Å². The van der Waals surface area contributed by atoms with Gasteiger partial charge in [0.1, 0.15) is 0 Å². The van der Waals surface area contributed by atoms with E-state index in [9.17, 15) is 5.11 Å². The number of hydrogen-bond donors (Lipinski definition) is 2. The van der Waals surface area contributed by atoms with Gasteiger partial charge in [0.2, 0.25) is 0 Å². The molecule has 78 valence electrons. The summed E-state index contributed by atoms with van der Waals surface area (Å²) in [6, 6.07) is 0.304. The first-order valence-electron chi connectivity index (χ1n) is 5.23. The number of rotatable bonds is 4. The third kappa shape index (κ3) is 2.33. The van der Waals surface area contributed by atoms with Crippen molar-refractivity contribution in [3.05, 3.63) is 18.7 Å². The monoisotopic (exact) mass is 195 g/mol. The molecule has 0 bridgehead atoms. The van der Waals surface area contributed by atoms with E-state index in [0.717, 1.165) is 32.4 Å². The van der Waals surface area contributed by atoms with Gasteiger partial charge in [-0.25, -0.2) is 4.98 Å². The van der Waals surface area contributed by atoms with Gasteiger partial charge in [-0.2, -0.15) is 0 Å². The molecule has 1 aromatic heterocycles. The molecule has 1 aromatic rings. The number of nitrogens with zero attached hydrogens (tertiary/aromatic N) is 2. The van der Waals surface area contributed by atoms with Crippen LogP contribution < -0.4 is 5.32 Å². The van der Waals surface area contributed by atoms with Crippen molar-refractivity contribution >= 4 is 0 Å². The summed E-state index contributed by atoms with van der Waals surface area (Å²) in [5, 5.41) is 12.9. The fraction of sp³-hybridized carbons (Fsp3) is 0.700. The second-order valence-corrected chi connectivity index (χ2v) is 3.86. The Morgan fingerprint density at radius 1 is 1.50 bits per heavy atom. The molecule has 0 unspecified atom stereocenters. The zero-order chi connectivity index (χ0) is 9.80. The van der Waals surface area contributed by atoms with Crippen molar-refractivity contribution in [1.82, 2.24) is 14.9 Å². The second-order valence-electron chi connectivity index (χ2n) is 3.86. The maximum atomic E-state index is 9.56. The molecule has 1 aliphatic rings. The maximum Gasteiger partial charge on any atom is 0.0946 e. The topological polar surface area (TPSA) is 50.1 Å². The molecule has 4 nitrogen and oxygen atoms in total. The minimum atomic E-state index is -0.141. The lowest BCUT2D eigenvalue weighted by Gasteiger charge is -2.16. The number of aliphatic hydroxyl groups is 1. The largest absolute Gasteiger partial charge is 0.392 e. The number of nitrogens with one attached hydrogen (secondary N) is 1. The van der Waals surface area contributed by atoms with Crippen LogP contribution in [-0.2, 0) is 6.54 Å². The van der Waals surface area contributed by atoms with Crippen molar-refractivity contribution in [3.63, 3.8) is 0 Å². The molecule has 0 saturated heterocycles. The molecule has 0 radical (unpaired) electrons. The van der Waals surface area contributed by atoms with E-state index >= 15 is 0 Å². The molecule has 2 atom stereocenters. The first kappa shape index (κ1) is 9.68. The van der Waals surface area contributed by atoms with E-state index in [1.54, 1.807) is 6.20 Å². The first-order chi connectivity index (χ1) is 6.86. The van der Waals surface area contributed by atoms with Crippen molar-refractivity contribution in [3.8, 4) is 0 Å². The molecule has 0 aromatic carbocycles. The van der Waals surface area contributed by atoms with Gasteiger partial charge in [0.25, 0.3) is 0 Å². The summed E-state index contributed by atoms with van der Waals surface area (Å²) in [4.78, 5) is 3.97. The van der Waals surface area contributed by atoms with Gasteiger partial charge in [-0.05, 0) is 19.3 Å². The molecule has 1 fully saturated rings. The lowest BCUT2D eigenvalue weighted by Crippen LogP contribution is -2.37. The number of hydrogen-bond acceptors (Lipinski definition) is 3. The van der Waals surface area contributed by atoms with Crippen molar-refractivity contribution in [2.75, 3.05) is 6.54 Å². The number of imidazole rings is 1. The van der Waals surface area contributed by atoms with E-state index in [4.69, 9.17) is 0 Å². The van der Waals surface area contributed by atoms with E-state index < -0.39 is 0 Å². The zero-order valence-electron chi connectivity index (χ0n) is 8.26. The SMILES string of the molecule is O[C@@H]1CCC[C@H]1NCCn1ccnc1. The van der Waals surface area contributed by atoms with Crippen molar-refractivity contribution in [2.24, 2.45) is 0 Å². The van der Waals surface area contributed by atoms with Crippen LogP contribution >= 0.6 is 0 Å². The second kappa shape index (κ2) is 4.57. The summed E-state index contributed by atoms with van der Waals surface area (Å²) in [5.74, 6) is 0. The quantitative estimate of drug-likeness (QED) is 0.730. The summed E-state index contributed by atoms with van der Waals surface area (Å²) < 4.78 is 2.04. The Bertz CT molecular complexity index is 260. The minimum Gasteiger partial charge on any atom is -0.392 e. The average Bonchev–Trinajstić information content (AvgIpc) is 2.78. The predicted octanol–water partition coefficient (Wildman–Crippen LogP) is 0.386. The summed E-state index contributed by atoms with van der Waals surface area (Å²) in [7, 11) is 0. The van der Waals surface area contributed by atoms with Gasteiger partial charge >= 0.3 is 0 Å². The van der Waals surface area contributed by atoms with E-state index in [0.29, 0.717) is 6.04 Å². The molecular weight excluding hydrogens is 178 g/mol. The molecule has 0 spiro atoms. The Morgan fingerprint density at radius 2 is 2.43 bits per heavy atom. The highest BCUT2D eigenvalue weighted by Crippen LogP contribution is 2.18. The highest BCUT2D eigenvalue weighted by atomic mass is 16.3. The Kier molecular flexibility index (Phi) is 3.16. The van der Waals surface area contributed by atoms with Crippen molar-refractivity contribution in [2.45, 2.75) is 38.0 Å². The van der Waals surface area contributed by atoms with Crippen molar-refractivity contribution in [1.29, 1.82) is 0 Å². The minimum absolute atomic E-state index is 0.141. The van der Waals surface area contributed by atoms with Crippen LogP contribution in [0.3, 0.4) is 0 Å². The Balaban J connectivity index is 1.68. The molecule has 1 aliphatic carbocycles. The van der Waals surface area contributed by atoms with Crippen molar-refractivity contribution < 1.29 is 5.11 Å². The molecule has 2 N–H and O–H groups in total. The van der Waals surface area contributed by atoms with Crippen LogP contribution in [0.1, 0.15) is 19.3 Å². The average molecular weight is 195 g/mol. The highest BCUT2D eigenvalue weighted by Gasteiger charge is 2.23. The Hall–Kier alpha value is -0.870. The van der Waals surface area contributed by atoms with Gasteiger partial charge < -0.3 is 15.0 Å². The lowest BCUT2D eigenvalue weighted by molar-refractivity contribution is 0.149. The van der Waals surface area contributed by atoms with Gasteiger partial charge in [-0.3, -0.25) is 0 Å². The third-order valence-corrected chi connectivity index (χ3v) is 2.82. The highest BCUT2D eigenvalue weighted by molar-refractivity contribution is 4.83. The molecular formula is C10H17N3O. The molecule has 14 heavy (non-hydrogen) atoms. The molecule has 0 amide bonds. The van der Waals surface area contributed by atoms with Gasteiger partial charge in [0.15, 0.2) is 0 Å². The van der Waals surface area contributed by atoms with Crippen LogP contribution in [0.25, 0.3) is 0 Å². The fourth-order valence-corrected chi connectivity index (χ4v) is 1.98. The number of aliphatic hydroxyl groups excluding tert-OH is 1. The van der Waals surface area contributed by atoms with Crippen LogP contribution in [0.2, 0.25) is 0 Å². The molecule has 4 heteroatoms. The molecule has 1 saturated carbocycles. The summed E-state index contributed by atoms with van der Waals surface area (Å²) in [6.45, 7) is 1.82. The smallest absolute Gasteiger partial charge is 0.0946 e. The summed E-state index contributed by atoms with van der Waals surface area (Å²) >= 11 is 0. The predicted molar refractivity (Wildman–Crippen MR) is 53.9 cm³/mol. The third-order valence-electron chi connectivity index (χ3n) is 2.82. The van der Waals surface area contributed by atoms with E-state index in [1.807, 2.05) is 17.1 Å². The van der Waals surface area contributed by atoms with Gasteiger partial charge in [-0.15, -0.1) is 0 Å². The van der Waals surface area contributed by atoms with Crippen LogP contribution in [0.5, 0.6) is 0 Å². The van der Waals surface area contributed by atoms with Crippen LogP contribution in [0.4, 0.5) is 0 Å². The first-order valence-corrected chi connectivity index (χ1v) is 5.23. The standard InChI is InChI=1S/C10H17N3O/c14-10-3-1-2-9(10)12-5-7-13-6-4-11-8-13/h4,6,8-10,12,14H,1-3,5,7H2/t9-,10-/m1/s1. The Labute approximate surface area is 84.0 Å². The zero-order valence-corrected chi connectivity index (χ0v) is 8.26. The summed E-state index contributed by atoms with van der Waals surface area (Å²) in [6.07, 6.45) is 8.60. The lowest BCUT2D eigenvalue weighted by atomic mass is 10.2. The van der Waals surface area contributed by atoms with Crippen LogP contribution in [0, 0.1) is 0 Å². The van der Waals surface area contributed by atoms with Crippen LogP contribution in [0.15, 0.2) is 18.7 Å². The van der Waals surface area contributed by atoms with E-state index in [2.05, 4.69) is 10.3 Å². The molecule has 0 aliphatic heterocycles. The summed E-state index contributed by atoms with van der Waals surface area (Å²) in [5.41, 5.74) is 0. The maximum absolute atomic E-state index is 9.56. The van der Waals surface area contributed by atoms with Gasteiger partial charge in [0, 0.05) is 31.5 Å². The Morgan fingerprint density at radius 3 is 3.07 bits per heavy atom. The molecule has 1 heterocycles. The van der Waals surface area contributed by atoms with Gasteiger partial charge in [0.05, 0.1) is 12.4 Å². The van der Waals surface area contributed by atoms with E-state index in [-0.39, 0.29) is 6.10 Å². The normalized spacial score (nSPS) is 26.9. The van der Waals surface area contributed by atoms with E-state index in [1.165, 1.54) is 0 Å².